The highest BCUT2D eigenvalue weighted by molar-refractivity contribution is 7.98. The van der Waals surface area contributed by atoms with E-state index in [1.165, 1.54) is 11.8 Å². The first-order chi connectivity index (χ1) is 15.8. The first-order valence-corrected chi connectivity index (χ1v) is 12.3. The quantitative estimate of drug-likeness (QED) is 0.190. The fraction of sp³-hybridized carbons (Fsp3) is 0.429. The van der Waals surface area contributed by atoms with E-state index in [2.05, 4.69) is 33.6 Å². The van der Waals surface area contributed by atoms with Gasteiger partial charge in [0, 0.05) is 22.9 Å². The minimum atomic E-state index is -1.14. The molecule has 10 nitrogen and oxygen atoms in total. The molecule has 3 amide bonds. The largest absolute Gasteiger partial charge is 0.480 e. The van der Waals surface area contributed by atoms with E-state index in [4.69, 9.17) is 5.73 Å². The molecule has 1 aromatic heterocycles. The van der Waals surface area contributed by atoms with Crippen molar-refractivity contribution in [2.24, 2.45) is 5.73 Å². The van der Waals surface area contributed by atoms with Crippen LogP contribution in [0.1, 0.15) is 12.0 Å². The number of aromatic nitrogens is 1. The highest BCUT2D eigenvalue weighted by Gasteiger charge is 2.25. The monoisotopic (exact) mass is 495 g/mol. The van der Waals surface area contributed by atoms with Crippen LogP contribution in [0.3, 0.4) is 0 Å². The topological polar surface area (TPSA) is 166 Å². The molecule has 0 radical (unpaired) electrons. The van der Waals surface area contributed by atoms with Gasteiger partial charge in [0.15, 0.2) is 0 Å². The van der Waals surface area contributed by atoms with Gasteiger partial charge < -0.3 is 31.8 Å². The number of benzene rings is 1. The van der Waals surface area contributed by atoms with Crippen LogP contribution in [0, 0.1) is 0 Å². The number of amides is 3. The zero-order chi connectivity index (χ0) is 24.4. The summed E-state index contributed by atoms with van der Waals surface area (Å²) in [7, 11) is 0. The molecule has 0 aliphatic heterocycles. The summed E-state index contributed by atoms with van der Waals surface area (Å²) < 4.78 is 0. The molecule has 0 saturated carbocycles. The zero-order valence-electron chi connectivity index (χ0n) is 18.2. The minimum absolute atomic E-state index is 0.00945. The van der Waals surface area contributed by atoms with E-state index in [0.29, 0.717) is 5.75 Å². The van der Waals surface area contributed by atoms with E-state index < -0.39 is 48.4 Å². The van der Waals surface area contributed by atoms with Crippen molar-refractivity contribution < 1.29 is 24.3 Å². The van der Waals surface area contributed by atoms with Crippen LogP contribution in [0.5, 0.6) is 0 Å². The summed E-state index contributed by atoms with van der Waals surface area (Å²) in [6.07, 6.45) is 4.16. The fourth-order valence-electron chi connectivity index (χ4n) is 3.13. The maximum atomic E-state index is 12.5. The Morgan fingerprint density at radius 1 is 1.15 bits per heavy atom. The second kappa shape index (κ2) is 13.1. The van der Waals surface area contributed by atoms with Crippen molar-refractivity contribution in [3.63, 3.8) is 0 Å². The van der Waals surface area contributed by atoms with E-state index in [1.54, 1.807) is 6.20 Å². The van der Waals surface area contributed by atoms with Crippen molar-refractivity contribution in [3.8, 4) is 0 Å². The number of aromatic amines is 1. The predicted molar refractivity (Wildman–Crippen MR) is 131 cm³/mol. The number of hydrogen-bond acceptors (Lipinski definition) is 7. The number of H-pyrrole nitrogens is 1. The van der Waals surface area contributed by atoms with Crippen LogP contribution in [-0.2, 0) is 25.6 Å². The number of carbonyl (C=O) groups excluding carboxylic acids is 3. The molecule has 2 aromatic rings. The second-order valence-electron chi connectivity index (χ2n) is 7.37. The van der Waals surface area contributed by atoms with Crippen LogP contribution < -0.4 is 21.7 Å². The number of nitrogens with two attached hydrogens (primary N) is 1. The van der Waals surface area contributed by atoms with Crippen molar-refractivity contribution in [2.75, 3.05) is 24.3 Å². The molecule has 33 heavy (non-hydrogen) atoms. The maximum absolute atomic E-state index is 12.5. The number of carbonyl (C=O) groups is 4. The van der Waals surface area contributed by atoms with Crippen LogP contribution in [-0.4, -0.2) is 76.2 Å². The van der Waals surface area contributed by atoms with Gasteiger partial charge in [0.2, 0.25) is 17.7 Å². The Bertz CT molecular complexity index is 983. The minimum Gasteiger partial charge on any atom is -0.480 e. The SMILES string of the molecule is CSCCC(NC(=O)CNC(=O)C(CS)NC(=O)C(N)Cc1c[nH]c2ccccc12)C(=O)O. The lowest BCUT2D eigenvalue weighted by Crippen LogP contribution is -2.54. The van der Waals surface area contributed by atoms with Gasteiger partial charge in [-0.3, -0.25) is 14.4 Å². The molecule has 2 rings (SSSR count). The van der Waals surface area contributed by atoms with E-state index >= 15 is 0 Å². The molecular weight excluding hydrogens is 466 g/mol. The number of hydrogen-bond donors (Lipinski definition) is 7. The molecular formula is C21H29N5O5S2. The van der Waals surface area contributed by atoms with Gasteiger partial charge in [-0.2, -0.15) is 24.4 Å². The molecule has 1 heterocycles. The summed E-state index contributed by atoms with van der Waals surface area (Å²) in [6, 6.07) is 4.71. The van der Waals surface area contributed by atoms with E-state index in [9.17, 15) is 24.3 Å². The highest BCUT2D eigenvalue weighted by Crippen LogP contribution is 2.18. The third-order valence-corrected chi connectivity index (χ3v) is 5.94. The summed E-state index contributed by atoms with van der Waals surface area (Å²) in [6.45, 7) is -0.427. The van der Waals surface area contributed by atoms with Crippen LogP contribution in [0.25, 0.3) is 10.9 Å². The Hall–Kier alpha value is -2.70. The van der Waals surface area contributed by atoms with E-state index in [1.807, 2.05) is 30.5 Å². The summed E-state index contributed by atoms with van der Waals surface area (Å²) in [4.78, 5) is 51.3. The standard InChI is InChI=1S/C21H29N5O5S2/c1-33-7-6-16(21(30)31)25-18(27)10-24-20(29)17(11-32)26-19(28)14(22)8-12-9-23-15-5-3-2-4-13(12)15/h2-5,9,14,16-17,23,32H,6-8,10-11,22H2,1H3,(H,24,29)(H,25,27)(H,26,28)(H,30,31). The van der Waals surface area contributed by atoms with Gasteiger partial charge in [-0.25, -0.2) is 4.79 Å². The molecule has 0 aliphatic carbocycles. The number of rotatable bonds is 13. The van der Waals surface area contributed by atoms with Gasteiger partial charge in [0.25, 0.3) is 0 Å². The molecule has 7 N–H and O–H groups in total. The average Bonchev–Trinajstić information content (AvgIpc) is 3.20. The first-order valence-electron chi connectivity index (χ1n) is 10.3. The maximum Gasteiger partial charge on any atom is 0.326 e. The van der Waals surface area contributed by atoms with Crippen LogP contribution >= 0.6 is 24.4 Å². The number of carboxylic acid groups (broad SMARTS) is 1. The normalized spacial score (nSPS) is 13.7. The smallest absolute Gasteiger partial charge is 0.326 e. The molecule has 180 valence electrons. The van der Waals surface area contributed by atoms with Crippen LogP contribution in [0.2, 0.25) is 0 Å². The highest BCUT2D eigenvalue weighted by atomic mass is 32.2. The number of thiol groups is 1. The number of aliphatic carboxylic acids is 1. The molecule has 0 spiro atoms. The summed E-state index contributed by atoms with van der Waals surface area (Å²) in [5, 5.41) is 17.4. The van der Waals surface area contributed by atoms with Crippen molar-refractivity contribution in [2.45, 2.75) is 31.0 Å². The Labute approximate surface area is 201 Å². The number of nitrogens with one attached hydrogen (secondary N) is 4. The van der Waals surface area contributed by atoms with Gasteiger partial charge in [-0.05, 0) is 36.5 Å². The van der Waals surface area contributed by atoms with E-state index in [-0.39, 0.29) is 18.6 Å². The Balaban J connectivity index is 1.85. The van der Waals surface area contributed by atoms with Gasteiger partial charge in [0.05, 0.1) is 12.6 Å². The number of thioether (sulfide) groups is 1. The summed E-state index contributed by atoms with van der Waals surface area (Å²) in [5.41, 5.74) is 7.86. The molecule has 3 unspecified atom stereocenters. The van der Waals surface area contributed by atoms with Gasteiger partial charge in [-0.1, -0.05) is 18.2 Å². The zero-order valence-corrected chi connectivity index (χ0v) is 19.9. The Morgan fingerprint density at radius 2 is 1.88 bits per heavy atom. The number of para-hydroxylation sites is 1. The van der Waals surface area contributed by atoms with Crippen LogP contribution in [0.15, 0.2) is 30.5 Å². The summed E-state index contributed by atoms with van der Waals surface area (Å²) in [5.74, 6) is -2.38. The van der Waals surface area contributed by atoms with Crippen molar-refractivity contribution >= 4 is 59.0 Å². The first kappa shape index (κ1) is 26.6. The van der Waals surface area contributed by atoms with Gasteiger partial charge in [0.1, 0.15) is 12.1 Å². The lowest BCUT2D eigenvalue weighted by atomic mass is 10.0. The molecule has 3 atom stereocenters. The lowest BCUT2D eigenvalue weighted by molar-refractivity contribution is -0.141. The molecule has 0 bridgehead atoms. The van der Waals surface area contributed by atoms with Gasteiger partial charge >= 0.3 is 5.97 Å². The average molecular weight is 496 g/mol. The lowest BCUT2D eigenvalue weighted by Gasteiger charge is -2.19. The van der Waals surface area contributed by atoms with Crippen molar-refractivity contribution in [1.29, 1.82) is 0 Å². The molecule has 12 heteroatoms. The van der Waals surface area contributed by atoms with E-state index in [0.717, 1.165) is 16.5 Å². The number of carboxylic acids is 1. The van der Waals surface area contributed by atoms with Crippen molar-refractivity contribution in [1.82, 2.24) is 20.9 Å². The van der Waals surface area contributed by atoms with Crippen molar-refractivity contribution in [3.05, 3.63) is 36.0 Å². The Kier molecular flexibility index (Phi) is 10.6. The molecule has 0 aliphatic rings. The Morgan fingerprint density at radius 3 is 2.55 bits per heavy atom. The third-order valence-electron chi connectivity index (χ3n) is 4.93. The number of fused-ring (bicyclic) bond motifs is 1. The molecule has 0 fully saturated rings. The van der Waals surface area contributed by atoms with Crippen LogP contribution in [0.4, 0.5) is 0 Å². The summed E-state index contributed by atoms with van der Waals surface area (Å²) >= 11 is 5.56. The second-order valence-corrected chi connectivity index (χ2v) is 8.72. The molecule has 1 aromatic carbocycles. The molecule has 0 saturated heterocycles. The third kappa shape index (κ3) is 7.98. The van der Waals surface area contributed by atoms with Gasteiger partial charge in [-0.15, -0.1) is 0 Å². The fourth-order valence-corrected chi connectivity index (χ4v) is 3.86. The predicted octanol–water partition coefficient (Wildman–Crippen LogP) is -0.109.